The number of anilines is 1. The Morgan fingerprint density at radius 3 is 2.59 bits per heavy atom. The number of carbonyl (C=O) groups excluding carboxylic acids is 1. The largest absolute Gasteiger partial charge is 0.478 e. The maximum Gasteiger partial charge on any atom is 0.335 e. The minimum atomic E-state index is -1.11. The van der Waals surface area contributed by atoms with Gasteiger partial charge in [0.15, 0.2) is 5.09 Å². The summed E-state index contributed by atoms with van der Waals surface area (Å²) in [6, 6.07) is 18.2. The van der Waals surface area contributed by atoms with Crippen molar-refractivity contribution in [2.45, 2.75) is 9.99 Å². The van der Waals surface area contributed by atoms with Gasteiger partial charge in [-0.2, -0.15) is 5.26 Å². The Labute approximate surface area is 175 Å². The van der Waals surface area contributed by atoms with E-state index in [0.717, 1.165) is 4.90 Å². The predicted octanol–water partition coefficient (Wildman–Crippen LogP) is 5.33. The number of amides is 1. The van der Waals surface area contributed by atoms with Crippen molar-refractivity contribution in [3.05, 3.63) is 82.6 Å². The third kappa shape index (κ3) is 5.51. The van der Waals surface area contributed by atoms with Crippen LogP contribution in [0.5, 0.6) is 0 Å². The molecule has 0 aliphatic heterocycles. The van der Waals surface area contributed by atoms with Crippen molar-refractivity contribution in [1.82, 2.24) is 0 Å². The van der Waals surface area contributed by atoms with Crippen molar-refractivity contribution in [3.63, 3.8) is 0 Å². The molecule has 0 radical (unpaired) electrons. The Kier molecular flexibility index (Phi) is 6.39. The molecule has 0 atom stereocenters. The van der Waals surface area contributed by atoms with E-state index < -0.39 is 11.9 Å². The highest BCUT2D eigenvalue weighted by molar-refractivity contribution is 7.99. The number of nitrogens with one attached hydrogen (secondary N) is 1. The first kappa shape index (κ1) is 20.3. The molecule has 144 valence electrons. The normalized spacial score (nSPS) is 11.0. The highest BCUT2D eigenvalue weighted by Crippen LogP contribution is 2.30. The van der Waals surface area contributed by atoms with Gasteiger partial charge >= 0.3 is 5.97 Å². The van der Waals surface area contributed by atoms with Crippen LogP contribution in [0.15, 0.2) is 80.6 Å². The minimum absolute atomic E-state index is 0.0280. The molecule has 0 bridgehead atoms. The van der Waals surface area contributed by atoms with Gasteiger partial charge in [0, 0.05) is 21.7 Å². The molecule has 29 heavy (non-hydrogen) atoms. The molecule has 2 N–H and O–H groups in total. The van der Waals surface area contributed by atoms with Crippen LogP contribution in [0.4, 0.5) is 5.69 Å². The average molecular weight is 425 g/mol. The number of carbonyl (C=O) groups is 2. The van der Waals surface area contributed by atoms with Gasteiger partial charge in [0.05, 0.1) is 5.56 Å². The van der Waals surface area contributed by atoms with E-state index in [0.29, 0.717) is 15.9 Å². The summed E-state index contributed by atoms with van der Waals surface area (Å²) in [6.45, 7) is 0. The highest BCUT2D eigenvalue weighted by Gasteiger charge is 2.12. The molecule has 1 amide bonds. The van der Waals surface area contributed by atoms with E-state index in [4.69, 9.17) is 21.1 Å². The second-order valence-electron chi connectivity index (χ2n) is 5.72. The van der Waals surface area contributed by atoms with Crippen molar-refractivity contribution < 1.29 is 19.1 Å². The lowest BCUT2D eigenvalue weighted by molar-refractivity contribution is -0.112. The number of hydrogen-bond donors (Lipinski definition) is 2. The zero-order valence-corrected chi connectivity index (χ0v) is 16.3. The van der Waals surface area contributed by atoms with Crippen LogP contribution >= 0.6 is 23.4 Å². The van der Waals surface area contributed by atoms with Crippen molar-refractivity contribution in [1.29, 1.82) is 5.26 Å². The Hall–Kier alpha value is -3.47. The van der Waals surface area contributed by atoms with E-state index in [1.165, 1.54) is 42.1 Å². The number of carboxylic acid groups (broad SMARTS) is 1. The number of furan rings is 1. The first-order valence-corrected chi connectivity index (χ1v) is 9.44. The van der Waals surface area contributed by atoms with E-state index in [1.807, 2.05) is 18.2 Å². The summed E-state index contributed by atoms with van der Waals surface area (Å²) >= 11 is 7.24. The molecule has 8 heteroatoms. The zero-order valence-electron chi connectivity index (χ0n) is 14.8. The maximum atomic E-state index is 12.4. The van der Waals surface area contributed by atoms with Gasteiger partial charge < -0.3 is 14.8 Å². The van der Waals surface area contributed by atoms with Crippen molar-refractivity contribution >= 4 is 47.0 Å². The summed E-state index contributed by atoms with van der Waals surface area (Å²) in [5.41, 5.74) is 0.123. The number of benzene rings is 2. The Bertz CT molecular complexity index is 1130. The number of nitriles is 1. The van der Waals surface area contributed by atoms with E-state index >= 15 is 0 Å². The van der Waals surface area contributed by atoms with Gasteiger partial charge in [-0.1, -0.05) is 29.4 Å². The van der Waals surface area contributed by atoms with E-state index in [9.17, 15) is 14.9 Å². The quantitative estimate of drug-likeness (QED) is 0.409. The summed E-state index contributed by atoms with van der Waals surface area (Å²) in [5.74, 6) is -1.44. The number of rotatable bonds is 6. The predicted molar refractivity (Wildman–Crippen MR) is 110 cm³/mol. The highest BCUT2D eigenvalue weighted by atomic mass is 35.5. The van der Waals surface area contributed by atoms with Crippen LogP contribution < -0.4 is 5.32 Å². The summed E-state index contributed by atoms with van der Waals surface area (Å²) in [4.78, 5) is 24.3. The molecule has 3 rings (SSSR count). The minimum Gasteiger partial charge on any atom is -0.478 e. The molecule has 6 nitrogen and oxygen atoms in total. The Morgan fingerprint density at radius 2 is 1.90 bits per heavy atom. The molecular formula is C21H13ClN2O4S. The summed E-state index contributed by atoms with van der Waals surface area (Å²) in [7, 11) is 0. The second-order valence-corrected chi connectivity index (χ2v) is 7.24. The molecule has 0 spiro atoms. The van der Waals surface area contributed by atoms with Gasteiger partial charge in [0.25, 0.3) is 5.91 Å². The average Bonchev–Trinajstić information content (AvgIpc) is 3.15. The van der Waals surface area contributed by atoms with Crippen molar-refractivity contribution in [2.75, 3.05) is 5.32 Å². The lowest BCUT2D eigenvalue weighted by atomic mass is 10.2. The fourth-order valence-electron chi connectivity index (χ4n) is 2.30. The molecule has 0 aliphatic carbocycles. The topological polar surface area (TPSA) is 103 Å². The van der Waals surface area contributed by atoms with Gasteiger partial charge in [-0.15, -0.1) is 0 Å². The van der Waals surface area contributed by atoms with Gasteiger partial charge in [-0.25, -0.2) is 4.79 Å². The van der Waals surface area contributed by atoms with Crippen LogP contribution in [0, 0.1) is 11.3 Å². The van der Waals surface area contributed by atoms with Gasteiger partial charge in [0.1, 0.15) is 17.4 Å². The van der Waals surface area contributed by atoms with Crippen molar-refractivity contribution in [2.24, 2.45) is 0 Å². The van der Waals surface area contributed by atoms with E-state index in [1.54, 1.807) is 24.3 Å². The number of aromatic carboxylic acids is 1. The first-order valence-electron chi connectivity index (χ1n) is 8.24. The van der Waals surface area contributed by atoms with Gasteiger partial charge in [0.2, 0.25) is 0 Å². The molecule has 0 saturated heterocycles. The molecule has 0 aliphatic rings. The molecule has 3 aromatic rings. The standard InChI is InChI=1S/C21H13ClN2O4S/c22-15-4-7-18(8-5-15)29-19-9-6-17(28-19)11-14(12-23)20(25)24-16-3-1-2-13(10-16)21(26)27/h1-11H,(H,24,25)(H,26,27)/b14-11-. The summed E-state index contributed by atoms with van der Waals surface area (Å²) < 4.78 is 5.65. The first-order chi connectivity index (χ1) is 13.9. The zero-order chi connectivity index (χ0) is 20.8. The Morgan fingerprint density at radius 1 is 1.14 bits per heavy atom. The number of nitrogens with zero attached hydrogens (tertiary/aromatic N) is 1. The summed E-state index contributed by atoms with van der Waals surface area (Å²) in [5, 5.41) is 22.1. The summed E-state index contributed by atoms with van der Waals surface area (Å²) in [6.07, 6.45) is 1.32. The molecule has 0 saturated carbocycles. The lowest BCUT2D eigenvalue weighted by Crippen LogP contribution is -2.13. The third-order valence-corrected chi connectivity index (χ3v) is 4.83. The fraction of sp³-hybridized carbons (Fsp3) is 0. The number of halogens is 1. The van der Waals surface area contributed by atoms with Crippen LogP contribution in [0.3, 0.4) is 0 Å². The molecular weight excluding hydrogens is 412 g/mol. The van der Waals surface area contributed by atoms with Gasteiger partial charge in [-0.05, 0) is 54.6 Å². The molecule has 2 aromatic carbocycles. The molecule has 0 unspecified atom stereocenters. The second kappa shape index (κ2) is 9.15. The molecule has 1 heterocycles. The fourth-order valence-corrected chi connectivity index (χ4v) is 3.21. The van der Waals surface area contributed by atoms with Crippen LogP contribution in [-0.4, -0.2) is 17.0 Å². The monoisotopic (exact) mass is 424 g/mol. The lowest BCUT2D eigenvalue weighted by Gasteiger charge is -2.05. The number of hydrogen-bond acceptors (Lipinski definition) is 5. The maximum absolute atomic E-state index is 12.4. The van der Waals surface area contributed by atoms with Crippen LogP contribution in [0.1, 0.15) is 16.1 Å². The van der Waals surface area contributed by atoms with Crippen LogP contribution in [-0.2, 0) is 4.79 Å². The smallest absolute Gasteiger partial charge is 0.335 e. The SMILES string of the molecule is N#C/C(=C/c1ccc(Sc2ccc(Cl)cc2)o1)C(=O)Nc1cccc(C(=O)O)c1. The Balaban J connectivity index is 1.72. The van der Waals surface area contributed by atoms with E-state index in [-0.39, 0.29) is 16.8 Å². The van der Waals surface area contributed by atoms with Gasteiger partial charge in [-0.3, -0.25) is 4.79 Å². The van der Waals surface area contributed by atoms with E-state index in [2.05, 4.69) is 5.32 Å². The van der Waals surface area contributed by atoms with Crippen LogP contribution in [0.2, 0.25) is 5.02 Å². The molecule has 0 fully saturated rings. The number of carboxylic acids is 1. The third-order valence-electron chi connectivity index (χ3n) is 3.65. The van der Waals surface area contributed by atoms with Crippen molar-refractivity contribution in [3.8, 4) is 6.07 Å². The van der Waals surface area contributed by atoms with Crippen LogP contribution in [0.25, 0.3) is 6.08 Å². The molecule has 1 aromatic heterocycles.